The standard InChI is InChI=1S/C18H20Cl2N4O2S/c19-12-4-5-13(14(20)10-12)16(25)23-18-22-15(11-27-18)17(26)21-6-3-9-24-7-1-2-8-24/h4-5,10-11H,1-3,6-9H2,(H,21,26)(H,22,23,25). The minimum atomic E-state index is -0.399. The molecule has 0 unspecified atom stereocenters. The molecule has 0 aliphatic carbocycles. The van der Waals surface area contributed by atoms with Gasteiger partial charge in [-0.2, -0.15) is 0 Å². The van der Waals surface area contributed by atoms with Crippen molar-refractivity contribution in [2.75, 3.05) is 31.5 Å². The van der Waals surface area contributed by atoms with Gasteiger partial charge in [-0.25, -0.2) is 4.98 Å². The van der Waals surface area contributed by atoms with Gasteiger partial charge in [0.25, 0.3) is 11.8 Å². The molecule has 1 fully saturated rings. The Balaban J connectivity index is 1.48. The van der Waals surface area contributed by atoms with Crippen LogP contribution < -0.4 is 10.6 Å². The van der Waals surface area contributed by atoms with Crippen LogP contribution >= 0.6 is 34.5 Å². The fourth-order valence-electron chi connectivity index (χ4n) is 2.87. The molecule has 3 rings (SSSR count). The van der Waals surface area contributed by atoms with Gasteiger partial charge in [-0.1, -0.05) is 23.2 Å². The Morgan fingerprint density at radius 2 is 1.96 bits per heavy atom. The van der Waals surface area contributed by atoms with Gasteiger partial charge in [-0.15, -0.1) is 11.3 Å². The minimum Gasteiger partial charge on any atom is -0.351 e. The monoisotopic (exact) mass is 426 g/mol. The van der Waals surface area contributed by atoms with E-state index in [1.54, 1.807) is 17.5 Å². The van der Waals surface area contributed by atoms with Crippen molar-refractivity contribution in [3.8, 4) is 0 Å². The summed E-state index contributed by atoms with van der Waals surface area (Å²) >= 11 is 13.1. The number of aromatic nitrogens is 1. The van der Waals surface area contributed by atoms with Gasteiger partial charge in [0.15, 0.2) is 5.13 Å². The van der Waals surface area contributed by atoms with Gasteiger partial charge in [0, 0.05) is 16.9 Å². The van der Waals surface area contributed by atoms with Gasteiger partial charge < -0.3 is 10.2 Å². The maximum absolute atomic E-state index is 12.3. The number of thiazole rings is 1. The topological polar surface area (TPSA) is 74.3 Å². The Hall–Kier alpha value is -1.67. The van der Waals surface area contributed by atoms with Gasteiger partial charge in [0.2, 0.25) is 0 Å². The van der Waals surface area contributed by atoms with Crippen molar-refractivity contribution >= 4 is 51.5 Å². The fourth-order valence-corrected chi connectivity index (χ4v) is 4.05. The molecule has 2 heterocycles. The lowest BCUT2D eigenvalue weighted by Crippen LogP contribution is -2.28. The van der Waals surface area contributed by atoms with Crippen LogP contribution in [0.3, 0.4) is 0 Å². The summed E-state index contributed by atoms with van der Waals surface area (Å²) in [6.07, 6.45) is 3.44. The van der Waals surface area contributed by atoms with Crippen molar-refractivity contribution in [2.45, 2.75) is 19.3 Å². The predicted octanol–water partition coefficient (Wildman–Crippen LogP) is 3.92. The van der Waals surface area contributed by atoms with E-state index in [1.807, 2.05) is 0 Å². The molecule has 0 radical (unpaired) electrons. The summed E-state index contributed by atoms with van der Waals surface area (Å²) in [5.41, 5.74) is 0.586. The van der Waals surface area contributed by atoms with Crippen LogP contribution in [0.25, 0.3) is 0 Å². The first-order valence-corrected chi connectivity index (χ1v) is 10.4. The molecule has 0 atom stereocenters. The van der Waals surface area contributed by atoms with E-state index in [2.05, 4.69) is 20.5 Å². The van der Waals surface area contributed by atoms with E-state index in [9.17, 15) is 9.59 Å². The van der Waals surface area contributed by atoms with Crippen LogP contribution in [0.2, 0.25) is 10.0 Å². The molecular weight excluding hydrogens is 407 g/mol. The lowest BCUT2D eigenvalue weighted by Gasteiger charge is -2.13. The maximum atomic E-state index is 12.3. The predicted molar refractivity (Wildman–Crippen MR) is 109 cm³/mol. The number of hydrogen-bond acceptors (Lipinski definition) is 5. The van der Waals surface area contributed by atoms with Gasteiger partial charge in [0.1, 0.15) is 5.69 Å². The van der Waals surface area contributed by atoms with Crippen molar-refractivity contribution in [1.82, 2.24) is 15.2 Å². The smallest absolute Gasteiger partial charge is 0.270 e. The maximum Gasteiger partial charge on any atom is 0.270 e. The second-order valence-corrected chi connectivity index (χ2v) is 7.98. The van der Waals surface area contributed by atoms with Crippen LogP contribution in [0, 0.1) is 0 Å². The lowest BCUT2D eigenvalue weighted by molar-refractivity contribution is 0.0946. The number of nitrogens with one attached hydrogen (secondary N) is 2. The summed E-state index contributed by atoms with van der Waals surface area (Å²) in [7, 11) is 0. The molecule has 2 aromatic rings. The SMILES string of the molecule is O=C(NCCCN1CCCC1)c1csc(NC(=O)c2ccc(Cl)cc2Cl)n1. The van der Waals surface area contributed by atoms with Crippen molar-refractivity contribution in [3.05, 3.63) is 44.9 Å². The molecule has 6 nitrogen and oxygen atoms in total. The highest BCUT2D eigenvalue weighted by Crippen LogP contribution is 2.23. The summed E-state index contributed by atoms with van der Waals surface area (Å²) in [6, 6.07) is 4.63. The van der Waals surface area contributed by atoms with Crippen LogP contribution in [0.1, 0.15) is 40.1 Å². The van der Waals surface area contributed by atoms with E-state index >= 15 is 0 Å². The van der Waals surface area contributed by atoms with Crippen LogP contribution in [-0.4, -0.2) is 47.9 Å². The first-order chi connectivity index (χ1) is 13.0. The van der Waals surface area contributed by atoms with E-state index in [1.165, 1.54) is 30.2 Å². The van der Waals surface area contributed by atoms with Gasteiger partial charge in [0.05, 0.1) is 10.6 Å². The Kier molecular flexibility index (Phi) is 7.07. The zero-order valence-electron chi connectivity index (χ0n) is 14.6. The Morgan fingerprint density at radius 3 is 2.70 bits per heavy atom. The number of likely N-dealkylation sites (tertiary alicyclic amines) is 1. The van der Waals surface area contributed by atoms with Gasteiger partial charge >= 0.3 is 0 Å². The average Bonchev–Trinajstić information content (AvgIpc) is 3.30. The number of nitrogens with zero attached hydrogens (tertiary/aromatic N) is 2. The first-order valence-electron chi connectivity index (χ1n) is 8.75. The van der Waals surface area contributed by atoms with Crippen LogP contribution in [0.4, 0.5) is 5.13 Å². The molecule has 9 heteroatoms. The Labute approximate surface area is 171 Å². The summed E-state index contributed by atoms with van der Waals surface area (Å²) in [4.78, 5) is 31.0. The highest BCUT2D eigenvalue weighted by Gasteiger charge is 2.16. The number of amides is 2. The summed E-state index contributed by atoms with van der Waals surface area (Å²) in [5.74, 6) is -0.638. The van der Waals surface area contributed by atoms with E-state index in [0.717, 1.165) is 26.1 Å². The van der Waals surface area contributed by atoms with E-state index in [-0.39, 0.29) is 10.9 Å². The zero-order chi connectivity index (χ0) is 19.2. The summed E-state index contributed by atoms with van der Waals surface area (Å²) in [5, 5.41) is 8.19. The molecule has 1 saturated heterocycles. The molecule has 0 spiro atoms. The molecule has 2 amide bonds. The molecule has 0 saturated carbocycles. The first kappa shape index (κ1) is 20.1. The van der Waals surface area contributed by atoms with E-state index in [4.69, 9.17) is 23.2 Å². The molecule has 27 heavy (non-hydrogen) atoms. The number of benzene rings is 1. The number of carbonyl (C=O) groups excluding carboxylic acids is 2. The summed E-state index contributed by atoms with van der Waals surface area (Å²) < 4.78 is 0. The highest BCUT2D eigenvalue weighted by molar-refractivity contribution is 7.14. The highest BCUT2D eigenvalue weighted by atomic mass is 35.5. The van der Waals surface area contributed by atoms with Crippen LogP contribution in [0.15, 0.2) is 23.6 Å². The van der Waals surface area contributed by atoms with Crippen molar-refractivity contribution in [1.29, 1.82) is 0 Å². The molecule has 1 aliphatic rings. The molecule has 1 aromatic carbocycles. The summed E-state index contributed by atoms with van der Waals surface area (Å²) in [6.45, 7) is 3.91. The molecule has 1 aliphatic heterocycles. The molecule has 2 N–H and O–H groups in total. The Morgan fingerprint density at radius 1 is 1.19 bits per heavy atom. The van der Waals surface area contributed by atoms with Crippen molar-refractivity contribution in [3.63, 3.8) is 0 Å². The molecular formula is C18H20Cl2N4O2S. The largest absolute Gasteiger partial charge is 0.351 e. The third-order valence-corrected chi connectivity index (χ3v) is 5.57. The second-order valence-electron chi connectivity index (χ2n) is 6.27. The number of carbonyl (C=O) groups is 2. The second kappa shape index (κ2) is 9.50. The van der Waals surface area contributed by atoms with Crippen molar-refractivity contribution < 1.29 is 9.59 Å². The zero-order valence-corrected chi connectivity index (χ0v) is 17.0. The van der Waals surface area contributed by atoms with Crippen LogP contribution in [-0.2, 0) is 0 Å². The number of anilines is 1. The van der Waals surface area contributed by atoms with Crippen molar-refractivity contribution in [2.24, 2.45) is 0 Å². The quantitative estimate of drug-likeness (QED) is 0.657. The van der Waals surface area contributed by atoms with E-state index < -0.39 is 5.91 Å². The van der Waals surface area contributed by atoms with E-state index in [0.29, 0.717) is 28.0 Å². The average molecular weight is 427 g/mol. The number of rotatable bonds is 7. The third-order valence-electron chi connectivity index (χ3n) is 4.27. The molecule has 1 aromatic heterocycles. The lowest BCUT2D eigenvalue weighted by atomic mass is 10.2. The van der Waals surface area contributed by atoms with Crippen LogP contribution in [0.5, 0.6) is 0 Å². The normalized spacial score (nSPS) is 14.3. The fraction of sp³-hybridized carbons (Fsp3) is 0.389. The Bertz CT molecular complexity index is 821. The third kappa shape index (κ3) is 5.65. The van der Waals surface area contributed by atoms with Gasteiger partial charge in [-0.05, 0) is 57.1 Å². The molecule has 0 bridgehead atoms. The van der Waals surface area contributed by atoms with Gasteiger partial charge in [-0.3, -0.25) is 14.9 Å². The minimum absolute atomic E-state index is 0.238. The number of hydrogen-bond donors (Lipinski definition) is 2. The number of halogens is 2. The molecule has 144 valence electrons.